The van der Waals surface area contributed by atoms with Crippen molar-refractivity contribution in [1.29, 1.82) is 0 Å². The summed E-state index contributed by atoms with van der Waals surface area (Å²) in [6, 6.07) is 3.31. The summed E-state index contributed by atoms with van der Waals surface area (Å²) < 4.78 is 0. The number of aromatic carboxylic acids is 1. The Balaban J connectivity index is 3.26. The monoisotopic (exact) mass is 210 g/mol. The number of amides is 1. The summed E-state index contributed by atoms with van der Waals surface area (Å²) in [4.78, 5) is 30.4. The van der Waals surface area contributed by atoms with Gasteiger partial charge in [0.15, 0.2) is 0 Å². The van der Waals surface area contributed by atoms with E-state index >= 15 is 0 Å². The van der Waals surface area contributed by atoms with Crippen molar-refractivity contribution >= 4 is 23.8 Å². The Morgan fingerprint density at radius 3 is 2.67 bits per heavy atom. The van der Waals surface area contributed by atoms with E-state index in [-0.39, 0.29) is 5.69 Å². The predicted octanol–water partition coefficient (Wildman–Crippen LogP) is 0.861. The van der Waals surface area contributed by atoms with Gasteiger partial charge in [-0.3, -0.25) is 14.9 Å². The third kappa shape index (κ3) is 2.27. The van der Waals surface area contributed by atoms with Crippen molar-refractivity contribution in [3.8, 4) is 0 Å². The summed E-state index contributed by atoms with van der Waals surface area (Å²) in [5, 5.41) is 21.3. The first-order valence-corrected chi connectivity index (χ1v) is 3.78. The minimum atomic E-state index is -1.39. The van der Waals surface area contributed by atoms with Crippen LogP contribution in [0.1, 0.15) is 10.4 Å². The van der Waals surface area contributed by atoms with Crippen LogP contribution in [0.15, 0.2) is 18.2 Å². The van der Waals surface area contributed by atoms with Gasteiger partial charge in [-0.05, 0) is 12.1 Å². The number of carbonyl (C=O) groups excluding carboxylic acids is 1. The highest BCUT2D eigenvalue weighted by molar-refractivity contribution is 5.93. The molecule has 78 valence electrons. The smallest absolute Gasteiger partial charge is 0.342 e. The second-order valence-corrected chi connectivity index (χ2v) is 2.56. The Kier molecular flexibility index (Phi) is 2.97. The minimum absolute atomic E-state index is 0.168. The van der Waals surface area contributed by atoms with E-state index in [1.54, 1.807) is 0 Å². The van der Waals surface area contributed by atoms with E-state index in [4.69, 9.17) is 5.11 Å². The van der Waals surface area contributed by atoms with Gasteiger partial charge in [-0.15, -0.1) is 0 Å². The molecule has 7 heteroatoms. The fourth-order valence-electron chi connectivity index (χ4n) is 1.02. The average Bonchev–Trinajstić information content (AvgIpc) is 2.17. The summed E-state index contributed by atoms with van der Waals surface area (Å²) in [6.07, 6.45) is 0.347. The molecule has 1 aromatic rings. The lowest BCUT2D eigenvalue weighted by Gasteiger charge is -2.01. The zero-order valence-corrected chi connectivity index (χ0v) is 7.34. The largest absolute Gasteiger partial charge is 0.477 e. The van der Waals surface area contributed by atoms with Crippen molar-refractivity contribution in [2.24, 2.45) is 0 Å². The number of hydrogen-bond acceptors (Lipinski definition) is 4. The van der Waals surface area contributed by atoms with E-state index < -0.39 is 22.1 Å². The third-order valence-corrected chi connectivity index (χ3v) is 1.65. The van der Waals surface area contributed by atoms with Crippen molar-refractivity contribution in [3.05, 3.63) is 33.9 Å². The molecule has 0 aliphatic carbocycles. The van der Waals surface area contributed by atoms with Crippen LogP contribution in [0.2, 0.25) is 0 Å². The summed E-state index contributed by atoms with van der Waals surface area (Å²) in [6.45, 7) is 0. The quantitative estimate of drug-likeness (QED) is 0.435. The second-order valence-electron chi connectivity index (χ2n) is 2.56. The van der Waals surface area contributed by atoms with Crippen LogP contribution in [-0.2, 0) is 4.79 Å². The second kappa shape index (κ2) is 4.18. The lowest BCUT2D eigenvalue weighted by Crippen LogP contribution is -2.04. The zero-order chi connectivity index (χ0) is 11.4. The molecule has 7 nitrogen and oxygen atoms in total. The number of nitrogens with zero attached hydrogens (tertiary/aromatic N) is 1. The van der Waals surface area contributed by atoms with E-state index in [9.17, 15) is 19.7 Å². The van der Waals surface area contributed by atoms with Gasteiger partial charge >= 0.3 is 5.97 Å². The van der Waals surface area contributed by atoms with Crippen LogP contribution in [0.25, 0.3) is 0 Å². The van der Waals surface area contributed by atoms with Crippen molar-refractivity contribution in [2.45, 2.75) is 0 Å². The molecule has 15 heavy (non-hydrogen) atoms. The van der Waals surface area contributed by atoms with Gasteiger partial charge in [0, 0.05) is 11.8 Å². The summed E-state index contributed by atoms with van der Waals surface area (Å²) in [5.41, 5.74) is -0.813. The van der Waals surface area contributed by atoms with Crippen LogP contribution >= 0.6 is 0 Å². The van der Waals surface area contributed by atoms with Gasteiger partial charge < -0.3 is 10.4 Å². The summed E-state index contributed by atoms with van der Waals surface area (Å²) >= 11 is 0. The lowest BCUT2D eigenvalue weighted by molar-refractivity contribution is -0.385. The van der Waals surface area contributed by atoms with Crippen LogP contribution in [0, 0.1) is 10.1 Å². The molecule has 0 bridgehead atoms. The van der Waals surface area contributed by atoms with Crippen LogP contribution in [0.3, 0.4) is 0 Å². The summed E-state index contributed by atoms with van der Waals surface area (Å²) in [7, 11) is 0. The Morgan fingerprint density at radius 2 is 2.20 bits per heavy atom. The van der Waals surface area contributed by atoms with Crippen LogP contribution in [-0.4, -0.2) is 22.4 Å². The molecule has 0 saturated carbocycles. The highest BCUT2D eigenvalue weighted by atomic mass is 16.6. The van der Waals surface area contributed by atoms with E-state index in [0.29, 0.717) is 6.41 Å². The third-order valence-electron chi connectivity index (χ3n) is 1.65. The number of nitro groups is 1. The lowest BCUT2D eigenvalue weighted by atomic mass is 10.1. The standard InChI is InChI=1S/C8H6N2O5/c11-4-9-5-1-2-6(8(12)13)7(3-5)10(14)15/h1-4H,(H,9,11)(H,12,13). The molecule has 1 amide bonds. The average molecular weight is 210 g/mol. The number of carboxylic acids is 1. The molecule has 1 rings (SSSR count). The first-order valence-electron chi connectivity index (χ1n) is 3.78. The Hall–Kier alpha value is -2.44. The molecule has 0 radical (unpaired) electrons. The van der Waals surface area contributed by atoms with Gasteiger partial charge in [-0.1, -0.05) is 0 Å². The van der Waals surface area contributed by atoms with E-state index in [0.717, 1.165) is 12.1 Å². The molecular formula is C8H6N2O5. The Labute approximate surface area is 83.5 Å². The number of nitrogens with one attached hydrogen (secondary N) is 1. The molecule has 0 saturated heterocycles. The number of rotatable bonds is 4. The van der Waals surface area contributed by atoms with E-state index in [1.165, 1.54) is 6.07 Å². The fourth-order valence-corrected chi connectivity index (χ4v) is 1.02. The highest BCUT2D eigenvalue weighted by Gasteiger charge is 2.19. The van der Waals surface area contributed by atoms with E-state index in [2.05, 4.69) is 5.32 Å². The van der Waals surface area contributed by atoms with E-state index in [1.807, 2.05) is 0 Å². The number of carboxylic acid groups (broad SMARTS) is 1. The molecule has 0 spiro atoms. The van der Waals surface area contributed by atoms with Crippen molar-refractivity contribution in [1.82, 2.24) is 0 Å². The predicted molar refractivity (Wildman–Crippen MR) is 49.7 cm³/mol. The molecule has 0 unspecified atom stereocenters. The van der Waals surface area contributed by atoms with Crippen LogP contribution < -0.4 is 5.32 Å². The molecule has 0 aliphatic heterocycles. The van der Waals surface area contributed by atoms with Crippen molar-refractivity contribution < 1.29 is 19.6 Å². The number of carbonyl (C=O) groups is 2. The van der Waals surface area contributed by atoms with Gasteiger partial charge in [0.1, 0.15) is 5.56 Å². The molecule has 1 aromatic carbocycles. The molecule has 0 heterocycles. The number of nitro benzene ring substituents is 1. The first-order chi connectivity index (χ1) is 7.06. The molecule has 0 atom stereocenters. The maximum absolute atomic E-state index is 10.6. The van der Waals surface area contributed by atoms with Gasteiger partial charge in [0.05, 0.1) is 4.92 Å². The normalized spacial score (nSPS) is 9.33. The minimum Gasteiger partial charge on any atom is -0.477 e. The van der Waals surface area contributed by atoms with Gasteiger partial charge in [0.25, 0.3) is 5.69 Å². The SMILES string of the molecule is O=CNc1ccc(C(=O)O)c([N+](=O)[O-])c1. The highest BCUT2D eigenvalue weighted by Crippen LogP contribution is 2.22. The van der Waals surface area contributed by atoms with Gasteiger partial charge in [0.2, 0.25) is 6.41 Å². The van der Waals surface area contributed by atoms with Crippen LogP contribution in [0.5, 0.6) is 0 Å². The molecular weight excluding hydrogens is 204 g/mol. The Bertz CT molecular complexity index is 429. The molecule has 0 fully saturated rings. The molecule has 0 aromatic heterocycles. The zero-order valence-electron chi connectivity index (χ0n) is 7.34. The first kappa shape index (κ1) is 10.6. The summed E-state index contributed by atoms with van der Waals surface area (Å²) in [5.74, 6) is -1.39. The molecule has 0 aliphatic rings. The fraction of sp³-hybridized carbons (Fsp3) is 0. The van der Waals surface area contributed by atoms with Gasteiger partial charge in [-0.2, -0.15) is 0 Å². The molecule has 2 N–H and O–H groups in total. The maximum Gasteiger partial charge on any atom is 0.342 e. The number of hydrogen-bond donors (Lipinski definition) is 2. The van der Waals surface area contributed by atoms with Crippen molar-refractivity contribution in [2.75, 3.05) is 5.32 Å². The number of anilines is 1. The maximum atomic E-state index is 10.6. The van der Waals surface area contributed by atoms with Gasteiger partial charge in [-0.25, -0.2) is 4.79 Å². The van der Waals surface area contributed by atoms with Crippen molar-refractivity contribution in [3.63, 3.8) is 0 Å². The Morgan fingerprint density at radius 1 is 1.53 bits per heavy atom. The topological polar surface area (TPSA) is 110 Å². The van der Waals surface area contributed by atoms with Crippen LogP contribution in [0.4, 0.5) is 11.4 Å². The number of benzene rings is 1.